The summed E-state index contributed by atoms with van der Waals surface area (Å²) in [7, 11) is 1.66. The van der Waals surface area contributed by atoms with Gasteiger partial charge in [-0.05, 0) is 55.3 Å². The van der Waals surface area contributed by atoms with E-state index in [-0.39, 0.29) is 11.9 Å². The quantitative estimate of drug-likeness (QED) is 0.887. The van der Waals surface area contributed by atoms with E-state index in [0.717, 1.165) is 30.8 Å². The van der Waals surface area contributed by atoms with Crippen molar-refractivity contribution in [3.8, 4) is 5.75 Å². The van der Waals surface area contributed by atoms with Gasteiger partial charge in [0.25, 0.3) is 0 Å². The second-order valence-electron chi connectivity index (χ2n) is 5.96. The smallest absolute Gasteiger partial charge is 0.238 e. The van der Waals surface area contributed by atoms with E-state index < -0.39 is 0 Å². The molecule has 1 fully saturated rings. The van der Waals surface area contributed by atoms with E-state index in [2.05, 4.69) is 22.3 Å². The minimum Gasteiger partial charge on any atom is -0.497 e. The molecule has 2 aromatic carbocycles. The Morgan fingerprint density at radius 1 is 1.29 bits per heavy atom. The Kier molecular flexibility index (Phi) is 5.38. The third-order valence-corrected chi connectivity index (χ3v) is 4.55. The number of nitrogens with one attached hydrogen (secondary N) is 1. The Morgan fingerprint density at radius 3 is 2.79 bits per heavy atom. The number of hydrogen-bond acceptors (Lipinski definition) is 3. The highest BCUT2D eigenvalue weighted by Crippen LogP contribution is 2.32. The maximum Gasteiger partial charge on any atom is 0.238 e. The van der Waals surface area contributed by atoms with Crippen molar-refractivity contribution in [2.45, 2.75) is 18.9 Å². The molecule has 1 aliphatic rings. The summed E-state index contributed by atoms with van der Waals surface area (Å²) >= 11 is 5.95. The number of methoxy groups -OCH3 is 1. The molecule has 1 amide bonds. The third-order valence-electron chi connectivity index (χ3n) is 4.32. The average molecular weight is 345 g/mol. The van der Waals surface area contributed by atoms with Gasteiger partial charge in [-0.2, -0.15) is 0 Å². The zero-order valence-electron chi connectivity index (χ0n) is 13.7. The second-order valence-corrected chi connectivity index (χ2v) is 6.40. The molecule has 0 unspecified atom stereocenters. The van der Waals surface area contributed by atoms with Gasteiger partial charge in [0.15, 0.2) is 0 Å². The molecule has 1 atom stereocenters. The summed E-state index contributed by atoms with van der Waals surface area (Å²) in [5, 5.41) is 3.53. The lowest BCUT2D eigenvalue weighted by Crippen LogP contribution is -2.32. The van der Waals surface area contributed by atoms with Crippen LogP contribution in [0, 0.1) is 0 Å². The first-order valence-corrected chi connectivity index (χ1v) is 8.47. The van der Waals surface area contributed by atoms with Crippen LogP contribution >= 0.6 is 11.6 Å². The number of carbonyl (C=O) groups excluding carboxylic acids is 1. The SMILES string of the molecule is COc1ccc([C@H]2CCCN2CC(=O)Nc2cccc(Cl)c2)cc1. The van der Waals surface area contributed by atoms with Crippen molar-refractivity contribution < 1.29 is 9.53 Å². The Hall–Kier alpha value is -2.04. The van der Waals surface area contributed by atoms with E-state index in [0.29, 0.717) is 11.6 Å². The molecule has 0 saturated carbocycles. The summed E-state index contributed by atoms with van der Waals surface area (Å²) in [5.74, 6) is 0.833. The molecule has 5 heteroatoms. The number of amides is 1. The fourth-order valence-electron chi connectivity index (χ4n) is 3.17. The van der Waals surface area contributed by atoms with E-state index >= 15 is 0 Å². The first kappa shape index (κ1) is 16.8. The van der Waals surface area contributed by atoms with Crippen molar-refractivity contribution >= 4 is 23.2 Å². The lowest BCUT2D eigenvalue weighted by Gasteiger charge is -2.24. The van der Waals surface area contributed by atoms with Gasteiger partial charge in [-0.1, -0.05) is 29.8 Å². The Morgan fingerprint density at radius 2 is 2.08 bits per heavy atom. The zero-order chi connectivity index (χ0) is 16.9. The number of nitrogens with zero attached hydrogens (tertiary/aromatic N) is 1. The van der Waals surface area contributed by atoms with E-state index in [9.17, 15) is 4.79 Å². The van der Waals surface area contributed by atoms with Gasteiger partial charge < -0.3 is 10.1 Å². The molecule has 1 heterocycles. The van der Waals surface area contributed by atoms with Crippen molar-refractivity contribution in [1.29, 1.82) is 0 Å². The number of hydrogen-bond donors (Lipinski definition) is 1. The number of benzene rings is 2. The van der Waals surface area contributed by atoms with Gasteiger partial charge in [0.2, 0.25) is 5.91 Å². The normalized spacial score (nSPS) is 17.7. The van der Waals surface area contributed by atoms with E-state index in [1.165, 1.54) is 5.56 Å². The van der Waals surface area contributed by atoms with E-state index in [1.54, 1.807) is 19.2 Å². The van der Waals surface area contributed by atoms with Gasteiger partial charge in [-0.15, -0.1) is 0 Å². The maximum atomic E-state index is 12.3. The van der Waals surface area contributed by atoms with Crippen LogP contribution in [0.4, 0.5) is 5.69 Å². The molecule has 0 radical (unpaired) electrons. The molecule has 3 rings (SSSR count). The van der Waals surface area contributed by atoms with Crippen molar-refractivity contribution in [1.82, 2.24) is 4.90 Å². The highest BCUT2D eigenvalue weighted by molar-refractivity contribution is 6.30. The van der Waals surface area contributed by atoms with Crippen LogP contribution in [0.15, 0.2) is 48.5 Å². The number of anilines is 1. The highest BCUT2D eigenvalue weighted by atomic mass is 35.5. The largest absolute Gasteiger partial charge is 0.497 e. The van der Waals surface area contributed by atoms with Crippen LogP contribution in [-0.4, -0.2) is 31.0 Å². The minimum atomic E-state index is -0.0160. The van der Waals surface area contributed by atoms with E-state index in [1.807, 2.05) is 24.3 Å². The van der Waals surface area contributed by atoms with Crippen LogP contribution < -0.4 is 10.1 Å². The molecule has 0 aliphatic carbocycles. The van der Waals surface area contributed by atoms with Crippen LogP contribution in [0.2, 0.25) is 5.02 Å². The Labute approximate surface area is 147 Å². The summed E-state index contributed by atoms with van der Waals surface area (Å²) in [4.78, 5) is 14.6. The molecule has 0 spiro atoms. The van der Waals surface area contributed by atoms with Gasteiger partial charge in [0.1, 0.15) is 5.75 Å². The molecule has 1 saturated heterocycles. The van der Waals surface area contributed by atoms with Crippen LogP contribution in [0.1, 0.15) is 24.4 Å². The topological polar surface area (TPSA) is 41.6 Å². The summed E-state index contributed by atoms with van der Waals surface area (Å²) in [6.45, 7) is 1.31. The van der Waals surface area contributed by atoms with Gasteiger partial charge in [0, 0.05) is 16.8 Å². The number of halogens is 1. The summed E-state index contributed by atoms with van der Waals surface area (Å²) in [6.07, 6.45) is 2.16. The predicted octanol–water partition coefficient (Wildman–Crippen LogP) is 4.12. The van der Waals surface area contributed by atoms with Crippen LogP contribution in [0.25, 0.3) is 0 Å². The number of carbonyl (C=O) groups is 1. The Bertz CT molecular complexity index is 703. The fourth-order valence-corrected chi connectivity index (χ4v) is 3.36. The van der Waals surface area contributed by atoms with Crippen molar-refractivity contribution in [2.24, 2.45) is 0 Å². The lowest BCUT2D eigenvalue weighted by atomic mass is 10.0. The third kappa shape index (κ3) is 4.08. The molecule has 1 N–H and O–H groups in total. The predicted molar refractivity (Wildman–Crippen MR) is 96.6 cm³/mol. The molecule has 126 valence electrons. The molecule has 2 aromatic rings. The molecule has 0 bridgehead atoms. The van der Waals surface area contributed by atoms with E-state index in [4.69, 9.17) is 16.3 Å². The number of likely N-dealkylation sites (tertiary alicyclic amines) is 1. The average Bonchev–Trinajstić information content (AvgIpc) is 3.03. The van der Waals surface area contributed by atoms with Crippen LogP contribution in [-0.2, 0) is 4.79 Å². The van der Waals surface area contributed by atoms with Gasteiger partial charge in [0.05, 0.1) is 13.7 Å². The molecule has 24 heavy (non-hydrogen) atoms. The number of ether oxygens (including phenoxy) is 1. The molecule has 0 aromatic heterocycles. The van der Waals surface area contributed by atoms with Gasteiger partial charge >= 0.3 is 0 Å². The maximum absolute atomic E-state index is 12.3. The first-order valence-electron chi connectivity index (χ1n) is 8.09. The van der Waals surface area contributed by atoms with Crippen molar-refractivity contribution in [3.63, 3.8) is 0 Å². The molecule has 1 aliphatic heterocycles. The molecule has 4 nitrogen and oxygen atoms in total. The summed E-state index contributed by atoms with van der Waals surface area (Å²) < 4.78 is 5.21. The monoisotopic (exact) mass is 344 g/mol. The van der Waals surface area contributed by atoms with Gasteiger partial charge in [-0.3, -0.25) is 9.69 Å². The van der Waals surface area contributed by atoms with Crippen molar-refractivity contribution in [3.05, 3.63) is 59.1 Å². The number of rotatable bonds is 5. The standard InChI is InChI=1S/C19H21ClN2O2/c1-24-17-9-7-14(8-10-17)18-6-3-11-22(18)13-19(23)21-16-5-2-4-15(20)12-16/h2,4-5,7-10,12,18H,3,6,11,13H2,1H3,(H,21,23)/t18-/m1/s1. The second kappa shape index (κ2) is 7.69. The van der Waals surface area contributed by atoms with Crippen LogP contribution in [0.5, 0.6) is 5.75 Å². The molecular weight excluding hydrogens is 324 g/mol. The summed E-state index contributed by atoms with van der Waals surface area (Å²) in [6, 6.07) is 15.6. The molecular formula is C19H21ClN2O2. The first-order chi connectivity index (χ1) is 11.7. The highest BCUT2D eigenvalue weighted by Gasteiger charge is 2.27. The van der Waals surface area contributed by atoms with Crippen molar-refractivity contribution in [2.75, 3.05) is 25.5 Å². The fraction of sp³-hybridized carbons (Fsp3) is 0.316. The Balaban J connectivity index is 1.63. The zero-order valence-corrected chi connectivity index (χ0v) is 14.4. The van der Waals surface area contributed by atoms with Gasteiger partial charge in [-0.25, -0.2) is 0 Å². The minimum absolute atomic E-state index is 0.0160. The summed E-state index contributed by atoms with van der Waals surface area (Å²) in [5.41, 5.74) is 1.96. The lowest BCUT2D eigenvalue weighted by molar-refractivity contribution is -0.117. The van der Waals surface area contributed by atoms with Crippen LogP contribution in [0.3, 0.4) is 0 Å².